The number of hydrogen-bond donors (Lipinski definition) is 1. The van der Waals surface area contributed by atoms with Gasteiger partial charge in [0.25, 0.3) is 5.69 Å². The van der Waals surface area contributed by atoms with Crippen molar-refractivity contribution >= 4 is 70.5 Å². The fourth-order valence-electron chi connectivity index (χ4n) is 1.42. The van der Waals surface area contributed by atoms with Gasteiger partial charge < -0.3 is 5.32 Å². The largest absolute Gasteiger partial charge is 0.379 e. The molecule has 8 heteroatoms. The fraction of sp³-hybridized carbons (Fsp3) is 0.0909. The molecule has 100 valence electrons. The molecule has 0 fully saturated rings. The van der Waals surface area contributed by atoms with E-state index in [2.05, 4.69) is 53.1 Å². The van der Waals surface area contributed by atoms with Crippen LogP contribution in [0.25, 0.3) is 0 Å². The maximum absolute atomic E-state index is 10.7. The first-order valence-electron chi connectivity index (χ1n) is 5.09. The van der Waals surface area contributed by atoms with Gasteiger partial charge in [-0.1, -0.05) is 0 Å². The minimum atomic E-state index is -0.407. The van der Waals surface area contributed by atoms with Crippen molar-refractivity contribution in [2.75, 3.05) is 5.32 Å². The van der Waals surface area contributed by atoms with E-state index in [1.807, 2.05) is 6.07 Å². The summed E-state index contributed by atoms with van der Waals surface area (Å²) >= 11 is 11.8. The molecule has 1 heterocycles. The molecular weight excluding hydrogens is 464 g/mol. The molecule has 0 spiro atoms. The minimum absolute atomic E-state index is 0.0687. The molecule has 1 aromatic heterocycles. The summed E-state index contributed by atoms with van der Waals surface area (Å²) in [4.78, 5) is 11.5. The van der Waals surface area contributed by atoms with Crippen LogP contribution < -0.4 is 5.32 Å². The molecule has 1 N–H and O–H groups in total. The van der Waals surface area contributed by atoms with Gasteiger partial charge in [0.05, 0.1) is 14.4 Å². The summed E-state index contributed by atoms with van der Waals surface area (Å²) in [5.74, 6) is 0. The molecule has 0 aliphatic carbocycles. The molecule has 19 heavy (non-hydrogen) atoms. The first-order valence-corrected chi connectivity index (χ1v) is 8.28. The number of thiophene rings is 1. The predicted molar refractivity (Wildman–Crippen MR) is 87.8 cm³/mol. The van der Waals surface area contributed by atoms with Crippen molar-refractivity contribution in [3.05, 3.63) is 52.0 Å². The van der Waals surface area contributed by atoms with Crippen LogP contribution in [0.2, 0.25) is 0 Å². The van der Waals surface area contributed by atoms with E-state index < -0.39 is 4.92 Å². The Labute approximate surface area is 138 Å². The van der Waals surface area contributed by atoms with Crippen LogP contribution in [0.15, 0.2) is 37.0 Å². The van der Waals surface area contributed by atoms with Gasteiger partial charge in [-0.15, -0.1) is 11.3 Å². The van der Waals surface area contributed by atoms with Crippen molar-refractivity contribution in [2.45, 2.75) is 6.54 Å². The number of benzene rings is 1. The van der Waals surface area contributed by atoms with Crippen LogP contribution in [-0.2, 0) is 6.54 Å². The van der Waals surface area contributed by atoms with E-state index in [1.54, 1.807) is 17.4 Å². The number of hydrogen-bond acceptors (Lipinski definition) is 4. The number of anilines is 1. The summed E-state index contributed by atoms with van der Waals surface area (Å²) in [6.45, 7) is 0.606. The molecule has 0 saturated heterocycles. The van der Waals surface area contributed by atoms with E-state index in [4.69, 9.17) is 0 Å². The molecule has 4 nitrogen and oxygen atoms in total. The van der Waals surface area contributed by atoms with E-state index >= 15 is 0 Å². The first-order chi connectivity index (χ1) is 8.97. The molecule has 0 saturated carbocycles. The highest BCUT2D eigenvalue weighted by atomic mass is 79.9. The highest BCUT2D eigenvalue weighted by Crippen LogP contribution is 2.33. The molecule has 0 atom stereocenters. The second-order valence-corrected chi connectivity index (χ2v) is 7.77. The van der Waals surface area contributed by atoms with Gasteiger partial charge in [-0.3, -0.25) is 10.1 Å². The SMILES string of the molecule is O=[N+]([O-])c1ccc(Br)c(NCc2cc(Br)c(Br)s2)c1. The number of non-ortho nitro benzene ring substituents is 1. The number of rotatable bonds is 4. The lowest BCUT2D eigenvalue weighted by atomic mass is 10.3. The molecule has 2 aromatic rings. The van der Waals surface area contributed by atoms with Crippen molar-refractivity contribution in [1.82, 2.24) is 0 Å². The second kappa shape index (κ2) is 6.34. The molecule has 0 unspecified atom stereocenters. The van der Waals surface area contributed by atoms with Crippen LogP contribution in [0.1, 0.15) is 4.88 Å². The highest BCUT2D eigenvalue weighted by Gasteiger charge is 2.10. The number of nitro benzene ring substituents is 1. The Balaban J connectivity index is 2.14. The average molecular weight is 471 g/mol. The smallest absolute Gasteiger partial charge is 0.271 e. The lowest BCUT2D eigenvalue weighted by Crippen LogP contribution is -1.99. The van der Waals surface area contributed by atoms with E-state index in [9.17, 15) is 10.1 Å². The molecule has 0 aliphatic heterocycles. The molecule has 1 aromatic carbocycles. The standard InChI is InChI=1S/C11H7Br3N2O2S/c12-8-2-1-6(16(17)18)3-10(8)15-5-7-4-9(13)11(14)19-7/h1-4,15H,5H2. The Morgan fingerprint density at radius 2 is 1.95 bits per heavy atom. The van der Waals surface area contributed by atoms with Gasteiger partial charge in [0, 0.05) is 32.5 Å². The van der Waals surface area contributed by atoms with Crippen LogP contribution >= 0.6 is 59.1 Å². The zero-order valence-electron chi connectivity index (χ0n) is 9.32. The van der Waals surface area contributed by atoms with Crippen molar-refractivity contribution < 1.29 is 4.92 Å². The van der Waals surface area contributed by atoms with E-state index in [0.717, 1.165) is 17.6 Å². The Hall–Kier alpha value is -0.440. The van der Waals surface area contributed by atoms with Crippen molar-refractivity contribution in [3.8, 4) is 0 Å². The lowest BCUT2D eigenvalue weighted by molar-refractivity contribution is -0.384. The van der Waals surface area contributed by atoms with Crippen LogP contribution in [-0.4, -0.2) is 4.92 Å². The van der Waals surface area contributed by atoms with Crippen molar-refractivity contribution in [1.29, 1.82) is 0 Å². The first kappa shape index (κ1) is 15.0. The van der Waals surface area contributed by atoms with Crippen molar-refractivity contribution in [3.63, 3.8) is 0 Å². The number of nitrogens with one attached hydrogen (secondary N) is 1. The maximum Gasteiger partial charge on any atom is 0.271 e. The summed E-state index contributed by atoms with van der Waals surface area (Å²) in [5.41, 5.74) is 0.772. The van der Waals surface area contributed by atoms with E-state index in [0.29, 0.717) is 12.2 Å². The summed E-state index contributed by atoms with van der Waals surface area (Å²) in [6.07, 6.45) is 0. The maximum atomic E-state index is 10.7. The summed E-state index contributed by atoms with van der Waals surface area (Å²) in [6, 6.07) is 6.66. The quantitative estimate of drug-likeness (QED) is 0.470. The van der Waals surface area contributed by atoms with Gasteiger partial charge in [-0.25, -0.2) is 0 Å². The lowest BCUT2D eigenvalue weighted by Gasteiger charge is -2.07. The molecule has 0 aliphatic rings. The third-order valence-corrected chi connectivity index (χ3v) is 6.26. The zero-order valence-corrected chi connectivity index (χ0v) is 14.9. The van der Waals surface area contributed by atoms with Gasteiger partial charge >= 0.3 is 0 Å². The van der Waals surface area contributed by atoms with Gasteiger partial charge in [0.15, 0.2) is 0 Å². The molecule has 0 amide bonds. The second-order valence-electron chi connectivity index (χ2n) is 3.61. The third-order valence-electron chi connectivity index (χ3n) is 2.31. The van der Waals surface area contributed by atoms with Crippen LogP contribution in [0.3, 0.4) is 0 Å². The Bertz CT molecular complexity index is 611. The summed E-state index contributed by atoms with van der Waals surface area (Å²) < 4.78 is 2.84. The average Bonchev–Trinajstić information content (AvgIpc) is 2.67. The number of halogens is 3. The van der Waals surface area contributed by atoms with E-state index in [1.165, 1.54) is 12.1 Å². The summed E-state index contributed by atoms with van der Waals surface area (Å²) in [5, 5.41) is 13.9. The monoisotopic (exact) mass is 468 g/mol. The predicted octanol–water partition coefficient (Wildman–Crippen LogP) is 5.56. The van der Waals surface area contributed by atoms with Crippen LogP contribution in [0.5, 0.6) is 0 Å². The number of nitro groups is 1. The molecule has 0 bridgehead atoms. The van der Waals surface area contributed by atoms with Crippen LogP contribution in [0.4, 0.5) is 11.4 Å². The Morgan fingerprint density at radius 3 is 2.53 bits per heavy atom. The van der Waals surface area contributed by atoms with E-state index in [-0.39, 0.29) is 5.69 Å². The Kier molecular flexibility index (Phi) is 4.99. The van der Waals surface area contributed by atoms with Gasteiger partial charge in [-0.2, -0.15) is 0 Å². The minimum Gasteiger partial charge on any atom is -0.379 e. The highest BCUT2D eigenvalue weighted by molar-refractivity contribution is 9.13. The topological polar surface area (TPSA) is 55.2 Å². The number of nitrogens with zero attached hydrogens (tertiary/aromatic N) is 1. The van der Waals surface area contributed by atoms with Gasteiger partial charge in [0.2, 0.25) is 0 Å². The summed E-state index contributed by atoms with van der Waals surface area (Å²) in [7, 11) is 0. The normalized spacial score (nSPS) is 10.5. The third kappa shape index (κ3) is 3.77. The van der Waals surface area contributed by atoms with Crippen molar-refractivity contribution in [2.24, 2.45) is 0 Å². The van der Waals surface area contributed by atoms with Gasteiger partial charge in [0.1, 0.15) is 0 Å². The molecular formula is C11H7Br3N2O2S. The van der Waals surface area contributed by atoms with Gasteiger partial charge in [-0.05, 0) is 59.9 Å². The zero-order chi connectivity index (χ0) is 14.0. The molecule has 0 radical (unpaired) electrons. The fourth-order valence-corrected chi connectivity index (χ4v) is 3.93. The Morgan fingerprint density at radius 1 is 1.21 bits per heavy atom. The van der Waals surface area contributed by atoms with Crippen LogP contribution in [0, 0.1) is 10.1 Å². The molecule has 2 rings (SSSR count).